The Kier molecular flexibility index (Phi) is 2.80. The van der Waals surface area contributed by atoms with Crippen LogP contribution in [0, 0.1) is 10.1 Å². The van der Waals surface area contributed by atoms with E-state index in [1.807, 2.05) is 0 Å². The molecule has 1 saturated heterocycles. The molecule has 1 N–H and O–H groups in total. The number of carbonyl (C=O) groups is 1. The monoisotopic (exact) mass is 240 g/mol. The van der Waals surface area contributed by atoms with E-state index in [-0.39, 0.29) is 16.7 Å². The molecule has 2 rings (SSSR count). The minimum Gasteiger partial charge on any atom is -0.372 e. The molecule has 1 unspecified atom stereocenters. The van der Waals surface area contributed by atoms with Crippen LogP contribution in [0.2, 0.25) is 0 Å². The first kappa shape index (κ1) is 10.9. The molecular formula is C9H8N2O4S. The van der Waals surface area contributed by atoms with Gasteiger partial charge in [0.15, 0.2) is 0 Å². The van der Waals surface area contributed by atoms with Crippen molar-refractivity contribution in [1.82, 2.24) is 0 Å². The Morgan fingerprint density at radius 2 is 2.31 bits per heavy atom. The number of carbonyl (C=O) groups excluding carboxylic acids is 1. The SMILES string of the molecule is O=C1SCC(O)N1c1cccc([N+](=O)[O-])c1. The molecule has 7 heteroatoms. The maximum absolute atomic E-state index is 11.4. The van der Waals surface area contributed by atoms with Crippen molar-refractivity contribution in [2.45, 2.75) is 6.23 Å². The van der Waals surface area contributed by atoms with E-state index in [4.69, 9.17) is 0 Å². The molecule has 0 spiro atoms. The summed E-state index contributed by atoms with van der Waals surface area (Å²) >= 11 is 0.990. The number of hydrogen-bond donors (Lipinski definition) is 1. The van der Waals surface area contributed by atoms with E-state index in [1.165, 1.54) is 18.2 Å². The lowest BCUT2D eigenvalue weighted by Crippen LogP contribution is -2.32. The van der Waals surface area contributed by atoms with Gasteiger partial charge in [-0.05, 0) is 6.07 Å². The van der Waals surface area contributed by atoms with Crippen molar-refractivity contribution in [3.8, 4) is 0 Å². The van der Waals surface area contributed by atoms with E-state index in [0.29, 0.717) is 5.69 Å². The lowest BCUT2D eigenvalue weighted by molar-refractivity contribution is -0.384. The van der Waals surface area contributed by atoms with Crippen LogP contribution in [0.5, 0.6) is 0 Å². The molecule has 1 aliphatic rings. The van der Waals surface area contributed by atoms with Crippen molar-refractivity contribution in [2.24, 2.45) is 0 Å². The summed E-state index contributed by atoms with van der Waals surface area (Å²) < 4.78 is 0. The van der Waals surface area contributed by atoms with Crippen LogP contribution in [-0.4, -0.2) is 27.2 Å². The summed E-state index contributed by atoms with van der Waals surface area (Å²) in [6.07, 6.45) is -0.917. The molecule has 0 radical (unpaired) electrons. The van der Waals surface area contributed by atoms with Gasteiger partial charge in [0.25, 0.3) is 10.9 Å². The van der Waals surface area contributed by atoms with Gasteiger partial charge in [0.1, 0.15) is 6.23 Å². The van der Waals surface area contributed by atoms with E-state index < -0.39 is 11.2 Å². The average molecular weight is 240 g/mol. The van der Waals surface area contributed by atoms with Crippen molar-refractivity contribution in [3.63, 3.8) is 0 Å². The van der Waals surface area contributed by atoms with Gasteiger partial charge >= 0.3 is 0 Å². The fourth-order valence-corrected chi connectivity index (χ4v) is 2.25. The molecule has 0 aromatic heterocycles. The molecule has 1 amide bonds. The minimum absolute atomic E-state index is 0.102. The van der Waals surface area contributed by atoms with Gasteiger partial charge in [-0.2, -0.15) is 0 Å². The van der Waals surface area contributed by atoms with Crippen LogP contribution in [0.25, 0.3) is 0 Å². The zero-order valence-electron chi connectivity index (χ0n) is 8.07. The summed E-state index contributed by atoms with van der Waals surface area (Å²) in [6, 6.07) is 5.65. The molecule has 16 heavy (non-hydrogen) atoms. The molecule has 0 bridgehead atoms. The van der Waals surface area contributed by atoms with Crippen molar-refractivity contribution < 1.29 is 14.8 Å². The molecule has 1 atom stereocenters. The average Bonchev–Trinajstić information content (AvgIpc) is 2.59. The zero-order chi connectivity index (χ0) is 11.7. The fourth-order valence-electron chi connectivity index (χ4n) is 1.45. The second-order valence-corrected chi connectivity index (χ2v) is 4.18. The van der Waals surface area contributed by atoms with E-state index in [1.54, 1.807) is 6.07 Å². The predicted octanol–water partition coefficient (Wildman–Crippen LogP) is 1.59. The van der Waals surface area contributed by atoms with Crippen LogP contribution in [-0.2, 0) is 0 Å². The molecule has 6 nitrogen and oxygen atoms in total. The molecule has 0 aliphatic carbocycles. The number of nitro groups is 1. The van der Waals surface area contributed by atoms with Crippen molar-refractivity contribution in [1.29, 1.82) is 0 Å². The third kappa shape index (κ3) is 1.86. The van der Waals surface area contributed by atoms with Crippen LogP contribution >= 0.6 is 11.8 Å². The first-order valence-electron chi connectivity index (χ1n) is 4.48. The second-order valence-electron chi connectivity index (χ2n) is 3.20. The predicted molar refractivity (Wildman–Crippen MR) is 59.4 cm³/mol. The highest BCUT2D eigenvalue weighted by molar-refractivity contribution is 8.14. The highest BCUT2D eigenvalue weighted by Gasteiger charge is 2.32. The number of non-ortho nitro benzene ring substituents is 1. The Morgan fingerprint density at radius 3 is 2.88 bits per heavy atom. The van der Waals surface area contributed by atoms with E-state index >= 15 is 0 Å². The van der Waals surface area contributed by atoms with Crippen LogP contribution in [0.1, 0.15) is 0 Å². The number of hydrogen-bond acceptors (Lipinski definition) is 5. The number of thioether (sulfide) groups is 1. The topological polar surface area (TPSA) is 83.7 Å². The molecule has 1 fully saturated rings. The molecular weight excluding hydrogens is 232 g/mol. The first-order chi connectivity index (χ1) is 7.59. The Morgan fingerprint density at radius 1 is 1.56 bits per heavy atom. The number of benzene rings is 1. The summed E-state index contributed by atoms with van der Waals surface area (Å²) in [4.78, 5) is 22.6. The van der Waals surface area contributed by atoms with Gasteiger partial charge in [-0.1, -0.05) is 17.8 Å². The third-order valence-corrected chi connectivity index (χ3v) is 3.08. The zero-order valence-corrected chi connectivity index (χ0v) is 8.88. The number of nitrogens with zero attached hydrogens (tertiary/aromatic N) is 2. The van der Waals surface area contributed by atoms with E-state index in [9.17, 15) is 20.0 Å². The van der Waals surface area contributed by atoms with Crippen LogP contribution in [0.4, 0.5) is 16.2 Å². The number of aliphatic hydroxyl groups is 1. The number of rotatable bonds is 2. The Labute approximate surface area is 95.0 Å². The standard InChI is InChI=1S/C9H8N2O4S/c12-8-5-16-9(13)10(8)6-2-1-3-7(4-6)11(14)15/h1-4,8,12H,5H2. The van der Waals surface area contributed by atoms with Gasteiger partial charge in [-0.15, -0.1) is 0 Å². The quantitative estimate of drug-likeness (QED) is 0.626. The van der Waals surface area contributed by atoms with Crippen molar-refractivity contribution >= 4 is 28.4 Å². The Bertz CT molecular complexity index is 451. The fraction of sp³-hybridized carbons (Fsp3) is 0.222. The molecule has 1 aliphatic heterocycles. The summed E-state index contributed by atoms with van der Waals surface area (Å²) in [7, 11) is 0. The van der Waals surface area contributed by atoms with Gasteiger partial charge in [0.05, 0.1) is 10.6 Å². The molecule has 1 aromatic carbocycles. The largest absolute Gasteiger partial charge is 0.372 e. The van der Waals surface area contributed by atoms with E-state index in [2.05, 4.69) is 0 Å². The smallest absolute Gasteiger partial charge is 0.288 e. The van der Waals surface area contributed by atoms with Crippen LogP contribution < -0.4 is 4.90 Å². The van der Waals surface area contributed by atoms with Gasteiger partial charge in [0.2, 0.25) is 0 Å². The first-order valence-corrected chi connectivity index (χ1v) is 5.46. The molecule has 84 valence electrons. The van der Waals surface area contributed by atoms with E-state index in [0.717, 1.165) is 16.7 Å². The maximum atomic E-state index is 11.4. The number of aliphatic hydroxyl groups excluding tert-OH is 1. The van der Waals surface area contributed by atoms with Gasteiger partial charge in [0, 0.05) is 17.9 Å². The number of anilines is 1. The van der Waals surface area contributed by atoms with Crippen molar-refractivity contribution in [3.05, 3.63) is 34.4 Å². The van der Waals surface area contributed by atoms with Gasteiger partial charge in [-0.3, -0.25) is 19.8 Å². The molecule has 1 heterocycles. The van der Waals surface area contributed by atoms with Crippen LogP contribution in [0.15, 0.2) is 24.3 Å². The summed E-state index contributed by atoms with van der Waals surface area (Å²) in [5.74, 6) is 0.279. The highest BCUT2D eigenvalue weighted by atomic mass is 32.2. The lowest BCUT2D eigenvalue weighted by atomic mass is 10.2. The Hall–Kier alpha value is -1.60. The minimum atomic E-state index is -0.917. The number of amides is 1. The molecule has 1 aromatic rings. The number of nitro benzene ring substituents is 1. The summed E-state index contributed by atoms with van der Waals surface area (Å²) in [5.41, 5.74) is 0.242. The second kappa shape index (κ2) is 4.11. The van der Waals surface area contributed by atoms with Crippen molar-refractivity contribution in [2.75, 3.05) is 10.7 Å². The van der Waals surface area contributed by atoms with Gasteiger partial charge < -0.3 is 5.11 Å². The third-order valence-electron chi connectivity index (χ3n) is 2.17. The highest BCUT2D eigenvalue weighted by Crippen LogP contribution is 2.30. The summed E-state index contributed by atoms with van der Waals surface area (Å²) in [5, 5.41) is 19.8. The van der Waals surface area contributed by atoms with Gasteiger partial charge in [-0.25, -0.2) is 0 Å². The van der Waals surface area contributed by atoms with Crippen LogP contribution in [0.3, 0.4) is 0 Å². The normalized spacial score (nSPS) is 20.2. The Balaban J connectivity index is 2.36. The summed E-state index contributed by atoms with van der Waals surface area (Å²) in [6.45, 7) is 0. The molecule has 0 saturated carbocycles. The lowest BCUT2D eigenvalue weighted by Gasteiger charge is -2.18. The maximum Gasteiger partial charge on any atom is 0.288 e.